The van der Waals surface area contributed by atoms with Gasteiger partial charge in [0.25, 0.3) is 0 Å². The van der Waals surface area contributed by atoms with E-state index in [1.165, 1.54) is 71.5 Å². The Hall–Kier alpha value is -0.120. The van der Waals surface area contributed by atoms with Crippen molar-refractivity contribution in [3.63, 3.8) is 0 Å². The molecule has 1 unspecified atom stereocenters. The van der Waals surface area contributed by atoms with Gasteiger partial charge in [0.05, 0.1) is 0 Å². The van der Waals surface area contributed by atoms with Crippen molar-refractivity contribution < 1.29 is 0 Å². The number of nitrogens with zero attached hydrogens (tertiary/aromatic N) is 2. The fourth-order valence-electron chi connectivity index (χ4n) is 3.68. The Kier molecular flexibility index (Phi) is 5.67. The van der Waals surface area contributed by atoms with E-state index >= 15 is 0 Å². The topological polar surface area (TPSA) is 18.5 Å². The zero-order chi connectivity index (χ0) is 13.7. The monoisotopic (exact) mass is 267 g/mol. The number of hydrogen-bond acceptors (Lipinski definition) is 3. The summed E-state index contributed by atoms with van der Waals surface area (Å²) in [6, 6.07) is 0.765. The van der Waals surface area contributed by atoms with E-state index in [1.54, 1.807) is 0 Å². The summed E-state index contributed by atoms with van der Waals surface area (Å²) in [5, 5.41) is 3.51. The third-order valence-corrected chi connectivity index (χ3v) is 5.59. The molecule has 2 aliphatic rings. The van der Waals surface area contributed by atoms with Gasteiger partial charge in [-0.3, -0.25) is 4.90 Å². The van der Waals surface area contributed by atoms with Gasteiger partial charge >= 0.3 is 0 Å². The molecule has 0 radical (unpaired) electrons. The number of nitrogens with one attached hydrogen (secondary N) is 1. The molecule has 0 bridgehead atoms. The average molecular weight is 267 g/mol. The molecule has 2 rings (SSSR count). The fourth-order valence-corrected chi connectivity index (χ4v) is 3.68. The molecule has 0 aliphatic carbocycles. The SMILES string of the molecule is CCC(C)N1CCN(CC2(CC)CCNCC2)CC1. The Morgan fingerprint density at radius 2 is 1.68 bits per heavy atom. The number of piperazine rings is 1. The standard InChI is InChI=1S/C16H33N3/c1-4-15(3)19-12-10-18(11-13-19)14-16(5-2)6-8-17-9-7-16/h15,17H,4-14H2,1-3H3. The maximum absolute atomic E-state index is 3.51. The molecule has 0 saturated carbocycles. The van der Waals surface area contributed by atoms with Crippen molar-refractivity contribution in [1.29, 1.82) is 0 Å². The van der Waals surface area contributed by atoms with Crippen LogP contribution in [0.3, 0.4) is 0 Å². The normalized spacial score (nSPS) is 27.3. The quantitative estimate of drug-likeness (QED) is 0.824. The molecule has 19 heavy (non-hydrogen) atoms. The van der Waals surface area contributed by atoms with Gasteiger partial charge in [-0.05, 0) is 51.1 Å². The number of hydrogen-bond donors (Lipinski definition) is 1. The summed E-state index contributed by atoms with van der Waals surface area (Å²) in [5.41, 5.74) is 0.601. The molecule has 0 amide bonds. The predicted molar refractivity (Wildman–Crippen MR) is 82.6 cm³/mol. The minimum atomic E-state index is 0.601. The van der Waals surface area contributed by atoms with E-state index in [-0.39, 0.29) is 0 Å². The third-order valence-electron chi connectivity index (χ3n) is 5.59. The van der Waals surface area contributed by atoms with Crippen molar-refractivity contribution in [2.75, 3.05) is 45.8 Å². The maximum Gasteiger partial charge on any atom is 0.0113 e. The van der Waals surface area contributed by atoms with Gasteiger partial charge in [-0.2, -0.15) is 0 Å². The van der Waals surface area contributed by atoms with Crippen LogP contribution in [0.15, 0.2) is 0 Å². The lowest BCUT2D eigenvalue weighted by atomic mass is 9.76. The summed E-state index contributed by atoms with van der Waals surface area (Å²) in [7, 11) is 0. The van der Waals surface area contributed by atoms with Crippen LogP contribution in [0.4, 0.5) is 0 Å². The summed E-state index contributed by atoms with van der Waals surface area (Å²) in [4.78, 5) is 5.39. The van der Waals surface area contributed by atoms with Gasteiger partial charge in [0.2, 0.25) is 0 Å². The Balaban J connectivity index is 1.81. The molecule has 2 heterocycles. The van der Waals surface area contributed by atoms with Crippen LogP contribution in [0.1, 0.15) is 46.5 Å². The molecule has 0 spiro atoms. The molecule has 2 aliphatic heterocycles. The summed E-state index contributed by atoms with van der Waals surface area (Å²) < 4.78 is 0. The molecule has 2 fully saturated rings. The molecular formula is C16H33N3. The zero-order valence-electron chi connectivity index (χ0n) is 13.2. The number of piperidine rings is 1. The van der Waals surface area contributed by atoms with Crippen molar-refractivity contribution in [3.8, 4) is 0 Å². The second-order valence-corrected chi connectivity index (χ2v) is 6.67. The van der Waals surface area contributed by atoms with Gasteiger partial charge in [-0.15, -0.1) is 0 Å². The highest BCUT2D eigenvalue weighted by molar-refractivity contribution is 4.88. The Morgan fingerprint density at radius 3 is 2.21 bits per heavy atom. The summed E-state index contributed by atoms with van der Waals surface area (Å²) in [5.74, 6) is 0. The first-order valence-electron chi connectivity index (χ1n) is 8.36. The van der Waals surface area contributed by atoms with Gasteiger partial charge in [0.15, 0.2) is 0 Å². The molecule has 0 aromatic carbocycles. The van der Waals surface area contributed by atoms with E-state index in [0.29, 0.717) is 5.41 Å². The van der Waals surface area contributed by atoms with Crippen LogP contribution in [0.25, 0.3) is 0 Å². The summed E-state index contributed by atoms with van der Waals surface area (Å²) >= 11 is 0. The van der Waals surface area contributed by atoms with Crippen LogP contribution in [0, 0.1) is 5.41 Å². The van der Waals surface area contributed by atoms with Crippen LogP contribution >= 0.6 is 0 Å². The molecule has 0 aromatic rings. The van der Waals surface area contributed by atoms with E-state index in [9.17, 15) is 0 Å². The van der Waals surface area contributed by atoms with Gasteiger partial charge in [-0.25, -0.2) is 0 Å². The minimum Gasteiger partial charge on any atom is -0.317 e. The largest absolute Gasteiger partial charge is 0.317 e. The average Bonchev–Trinajstić information content (AvgIpc) is 2.48. The summed E-state index contributed by atoms with van der Waals surface area (Å²) in [6.45, 7) is 15.9. The predicted octanol–water partition coefficient (Wildman–Crippen LogP) is 2.18. The van der Waals surface area contributed by atoms with Gasteiger partial charge < -0.3 is 10.2 Å². The van der Waals surface area contributed by atoms with Gasteiger partial charge in [0.1, 0.15) is 0 Å². The van der Waals surface area contributed by atoms with Gasteiger partial charge in [0, 0.05) is 38.8 Å². The van der Waals surface area contributed by atoms with Crippen LogP contribution in [0.2, 0.25) is 0 Å². The van der Waals surface area contributed by atoms with E-state index in [4.69, 9.17) is 0 Å². The maximum atomic E-state index is 3.51. The molecule has 2 saturated heterocycles. The van der Waals surface area contributed by atoms with Crippen molar-refractivity contribution in [1.82, 2.24) is 15.1 Å². The molecular weight excluding hydrogens is 234 g/mol. The highest BCUT2D eigenvalue weighted by Gasteiger charge is 2.33. The Bertz CT molecular complexity index is 253. The molecule has 0 aromatic heterocycles. The van der Waals surface area contributed by atoms with Crippen LogP contribution < -0.4 is 5.32 Å². The fraction of sp³-hybridized carbons (Fsp3) is 1.00. The lowest BCUT2D eigenvalue weighted by Crippen LogP contribution is -2.53. The molecule has 3 heteroatoms. The summed E-state index contributed by atoms with van der Waals surface area (Å²) in [6.07, 6.45) is 5.37. The van der Waals surface area contributed by atoms with E-state index < -0.39 is 0 Å². The van der Waals surface area contributed by atoms with E-state index in [0.717, 1.165) is 6.04 Å². The first kappa shape index (κ1) is 15.3. The second-order valence-electron chi connectivity index (χ2n) is 6.67. The van der Waals surface area contributed by atoms with E-state index in [1.807, 2.05) is 0 Å². The minimum absolute atomic E-state index is 0.601. The van der Waals surface area contributed by atoms with Crippen LogP contribution in [-0.4, -0.2) is 61.7 Å². The van der Waals surface area contributed by atoms with Crippen molar-refractivity contribution >= 4 is 0 Å². The molecule has 1 N–H and O–H groups in total. The Morgan fingerprint density at radius 1 is 1.05 bits per heavy atom. The van der Waals surface area contributed by atoms with Crippen LogP contribution in [0.5, 0.6) is 0 Å². The highest BCUT2D eigenvalue weighted by atomic mass is 15.3. The van der Waals surface area contributed by atoms with Crippen LogP contribution in [-0.2, 0) is 0 Å². The highest BCUT2D eigenvalue weighted by Crippen LogP contribution is 2.33. The number of rotatable bonds is 5. The van der Waals surface area contributed by atoms with Crippen molar-refractivity contribution in [2.45, 2.75) is 52.5 Å². The lowest BCUT2D eigenvalue weighted by Gasteiger charge is -2.44. The first-order valence-corrected chi connectivity index (χ1v) is 8.36. The molecule has 112 valence electrons. The second kappa shape index (κ2) is 7.05. The smallest absolute Gasteiger partial charge is 0.0113 e. The molecule has 3 nitrogen and oxygen atoms in total. The lowest BCUT2D eigenvalue weighted by molar-refractivity contribution is 0.0504. The first-order chi connectivity index (χ1) is 9.19. The zero-order valence-corrected chi connectivity index (χ0v) is 13.2. The third kappa shape index (κ3) is 3.93. The van der Waals surface area contributed by atoms with Crippen molar-refractivity contribution in [2.24, 2.45) is 5.41 Å². The Labute approximate surface area is 119 Å². The van der Waals surface area contributed by atoms with Gasteiger partial charge in [-0.1, -0.05) is 13.8 Å². The molecule has 1 atom stereocenters. The van der Waals surface area contributed by atoms with Crippen molar-refractivity contribution in [3.05, 3.63) is 0 Å². The van der Waals surface area contributed by atoms with E-state index in [2.05, 4.69) is 35.9 Å².